The van der Waals surface area contributed by atoms with Gasteiger partial charge >= 0.3 is 0 Å². The van der Waals surface area contributed by atoms with Crippen LogP contribution in [0.3, 0.4) is 0 Å². The third-order valence-corrected chi connectivity index (χ3v) is 9.30. The van der Waals surface area contributed by atoms with Crippen LogP contribution in [0.2, 0.25) is 5.02 Å². The maximum atomic E-state index is 13.6. The molecule has 0 aliphatic carbocycles. The summed E-state index contributed by atoms with van der Waals surface area (Å²) in [4.78, 5) is 16.6. The van der Waals surface area contributed by atoms with Gasteiger partial charge in [-0.2, -0.15) is 4.31 Å². The number of nitrogens with zero attached hydrogens (tertiary/aromatic N) is 2. The number of halogens is 1. The predicted molar refractivity (Wildman–Crippen MR) is 143 cm³/mol. The molecule has 0 spiro atoms. The van der Waals surface area contributed by atoms with Crippen LogP contribution in [0.25, 0.3) is 0 Å². The number of sulfonamides is 1. The third-order valence-electron chi connectivity index (χ3n) is 6.19. The van der Waals surface area contributed by atoms with Gasteiger partial charge in [-0.3, -0.25) is 4.79 Å². The van der Waals surface area contributed by atoms with Crippen LogP contribution in [-0.2, 0) is 26.0 Å². The van der Waals surface area contributed by atoms with Crippen molar-refractivity contribution in [2.75, 3.05) is 47.1 Å². The number of hydrogen-bond donors (Lipinski definition) is 0. The fourth-order valence-corrected chi connectivity index (χ4v) is 6.62. The van der Waals surface area contributed by atoms with Crippen LogP contribution in [0.5, 0.6) is 11.5 Å². The summed E-state index contributed by atoms with van der Waals surface area (Å²) >= 11 is 7.63. The number of rotatable bonds is 11. The summed E-state index contributed by atoms with van der Waals surface area (Å²) in [6.45, 7) is 0.595. The second-order valence-electron chi connectivity index (χ2n) is 8.42. The van der Waals surface area contributed by atoms with E-state index in [9.17, 15) is 13.2 Å². The van der Waals surface area contributed by atoms with Gasteiger partial charge in [0.15, 0.2) is 0 Å². The molecule has 1 aliphatic rings. The molecule has 11 heteroatoms. The Morgan fingerprint density at radius 1 is 1.08 bits per heavy atom. The van der Waals surface area contributed by atoms with Gasteiger partial charge in [0.25, 0.3) is 0 Å². The lowest BCUT2D eigenvalue weighted by Gasteiger charge is -2.37. The van der Waals surface area contributed by atoms with E-state index in [1.807, 2.05) is 11.4 Å². The van der Waals surface area contributed by atoms with Gasteiger partial charge in [-0.15, -0.1) is 11.3 Å². The average molecular weight is 565 g/mol. The molecular weight excluding hydrogens is 536 g/mol. The Bertz CT molecular complexity index is 1300. The molecule has 198 valence electrons. The maximum absolute atomic E-state index is 13.6. The first-order valence-corrected chi connectivity index (χ1v) is 14.4. The summed E-state index contributed by atoms with van der Waals surface area (Å²) in [7, 11) is -0.945. The van der Waals surface area contributed by atoms with Crippen molar-refractivity contribution in [2.45, 2.75) is 17.4 Å². The minimum atomic E-state index is -3.95. The number of hydrogen-bond acceptors (Lipinski definition) is 7. The highest BCUT2D eigenvalue weighted by molar-refractivity contribution is 7.89. The molecule has 0 bridgehead atoms. The van der Waals surface area contributed by atoms with E-state index in [0.717, 1.165) is 5.56 Å². The molecule has 2 heterocycles. The molecule has 0 radical (unpaired) electrons. The number of carbonyl (C=O) groups excluding carboxylic acids is 1. The number of amides is 1. The molecule has 0 saturated carbocycles. The Morgan fingerprint density at radius 3 is 2.46 bits per heavy atom. The van der Waals surface area contributed by atoms with E-state index >= 15 is 0 Å². The van der Waals surface area contributed by atoms with Crippen LogP contribution < -0.4 is 9.47 Å². The van der Waals surface area contributed by atoms with Gasteiger partial charge in [-0.05, 0) is 72.0 Å². The van der Waals surface area contributed by atoms with E-state index in [0.29, 0.717) is 29.5 Å². The van der Waals surface area contributed by atoms with Gasteiger partial charge in [0.2, 0.25) is 15.9 Å². The third kappa shape index (κ3) is 6.45. The zero-order chi connectivity index (χ0) is 26.4. The van der Waals surface area contributed by atoms with Gasteiger partial charge in [-0.25, -0.2) is 8.42 Å². The number of fused-ring (bicyclic) bond motifs is 1. The molecule has 1 amide bonds. The van der Waals surface area contributed by atoms with Gasteiger partial charge in [0.05, 0.1) is 31.2 Å². The van der Waals surface area contributed by atoms with Crippen molar-refractivity contribution in [3.63, 3.8) is 0 Å². The Hall–Kier alpha value is -2.63. The van der Waals surface area contributed by atoms with Crippen molar-refractivity contribution in [1.82, 2.24) is 9.21 Å². The van der Waals surface area contributed by atoms with Crippen LogP contribution in [0.4, 0.5) is 0 Å². The highest BCUT2D eigenvalue weighted by Gasteiger charge is 2.35. The Labute approximate surface area is 226 Å². The molecule has 1 aromatic heterocycles. The van der Waals surface area contributed by atoms with Crippen LogP contribution in [-0.4, -0.2) is 70.6 Å². The number of methoxy groups -OCH3 is 2. The molecular formula is C26H29ClN2O6S2. The fourth-order valence-electron chi connectivity index (χ4n) is 4.20. The monoisotopic (exact) mass is 564 g/mol. The summed E-state index contributed by atoms with van der Waals surface area (Å²) in [6, 6.07) is 14.8. The smallest absolute Gasteiger partial charge is 0.243 e. The lowest BCUT2D eigenvalue weighted by molar-refractivity contribution is -0.135. The number of ether oxygens (including phenoxy) is 3. The first-order chi connectivity index (χ1) is 17.8. The summed E-state index contributed by atoms with van der Waals surface area (Å²) in [5, 5.41) is 2.61. The van der Waals surface area contributed by atoms with Crippen LogP contribution in [0.1, 0.15) is 16.5 Å². The van der Waals surface area contributed by atoms with Crippen molar-refractivity contribution in [1.29, 1.82) is 0 Å². The largest absolute Gasteiger partial charge is 0.497 e. The van der Waals surface area contributed by atoms with Crippen LogP contribution >= 0.6 is 22.9 Å². The topological polar surface area (TPSA) is 85.4 Å². The van der Waals surface area contributed by atoms with Crippen LogP contribution in [0.15, 0.2) is 64.9 Å². The molecule has 37 heavy (non-hydrogen) atoms. The lowest BCUT2D eigenvalue weighted by atomic mass is 10.0. The molecule has 1 aliphatic heterocycles. The molecule has 0 saturated heterocycles. The molecule has 3 aromatic rings. The lowest BCUT2D eigenvalue weighted by Crippen LogP contribution is -2.48. The molecule has 0 fully saturated rings. The van der Waals surface area contributed by atoms with E-state index < -0.39 is 10.0 Å². The van der Waals surface area contributed by atoms with Crippen LogP contribution in [0, 0.1) is 0 Å². The number of carbonyl (C=O) groups is 1. The molecule has 4 rings (SSSR count). The quantitative estimate of drug-likeness (QED) is 0.346. The van der Waals surface area contributed by atoms with Gasteiger partial charge in [-0.1, -0.05) is 11.6 Å². The summed E-state index contributed by atoms with van der Waals surface area (Å²) in [5.41, 5.74) is 1.03. The van der Waals surface area contributed by atoms with E-state index in [1.54, 1.807) is 52.6 Å². The van der Waals surface area contributed by atoms with Crippen molar-refractivity contribution in [3.8, 4) is 11.5 Å². The number of benzene rings is 2. The van der Waals surface area contributed by atoms with E-state index in [2.05, 4.69) is 0 Å². The first-order valence-electron chi connectivity index (χ1n) is 11.7. The van der Waals surface area contributed by atoms with Crippen molar-refractivity contribution in [3.05, 3.63) is 75.4 Å². The molecule has 1 atom stereocenters. The minimum Gasteiger partial charge on any atom is -0.497 e. The van der Waals surface area contributed by atoms with Crippen molar-refractivity contribution < 1.29 is 27.4 Å². The Balaban J connectivity index is 1.55. The normalized spacial score (nSPS) is 15.5. The molecule has 0 unspecified atom stereocenters. The molecule has 8 nitrogen and oxygen atoms in total. The zero-order valence-corrected chi connectivity index (χ0v) is 23.0. The Kier molecular flexibility index (Phi) is 9.09. The Morgan fingerprint density at radius 2 is 1.78 bits per heavy atom. The highest BCUT2D eigenvalue weighted by Crippen LogP contribution is 2.34. The summed E-state index contributed by atoms with van der Waals surface area (Å²) in [5.74, 6) is 0.889. The van der Waals surface area contributed by atoms with Crippen molar-refractivity contribution in [2.24, 2.45) is 0 Å². The zero-order valence-electron chi connectivity index (χ0n) is 20.6. The highest BCUT2D eigenvalue weighted by atomic mass is 35.5. The second kappa shape index (κ2) is 12.3. The molecule has 0 N–H and O–H groups in total. The van der Waals surface area contributed by atoms with Crippen molar-refractivity contribution >= 4 is 38.9 Å². The summed E-state index contributed by atoms with van der Waals surface area (Å²) < 4.78 is 44.4. The SMILES string of the molecule is COCCN(CC(=O)N1CCc2sccc2[C@@H]1COc1ccc(Cl)cc1)S(=O)(=O)c1ccc(OC)cc1. The fraction of sp³-hybridized carbons (Fsp3) is 0.346. The maximum Gasteiger partial charge on any atom is 0.243 e. The average Bonchev–Trinajstić information content (AvgIpc) is 3.39. The standard InChI is InChI=1S/C26H29ClN2O6S2/c1-33-15-14-28(37(31,32)22-9-7-20(34-2)8-10-22)17-26(30)29-13-11-25-23(12-16-36-25)24(29)18-35-21-5-3-19(27)4-6-21/h3-10,12,16,24H,11,13-15,17-18H2,1-2H3/t24-/m0/s1. The number of thiophene rings is 1. The van der Waals surface area contributed by atoms with E-state index in [1.165, 1.54) is 35.5 Å². The van der Waals surface area contributed by atoms with E-state index in [4.69, 9.17) is 25.8 Å². The van der Waals surface area contributed by atoms with Gasteiger partial charge < -0.3 is 19.1 Å². The van der Waals surface area contributed by atoms with Gasteiger partial charge in [0.1, 0.15) is 18.1 Å². The molecule has 2 aromatic carbocycles. The first kappa shape index (κ1) is 27.4. The summed E-state index contributed by atoms with van der Waals surface area (Å²) in [6.07, 6.45) is 0.708. The minimum absolute atomic E-state index is 0.0418. The van der Waals surface area contributed by atoms with E-state index in [-0.39, 0.29) is 43.1 Å². The van der Waals surface area contributed by atoms with Gasteiger partial charge in [0, 0.05) is 30.1 Å². The predicted octanol–water partition coefficient (Wildman–Crippen LogP) is 4.25. The second-order valence-corrected chi connectivity index (χ2v) is 11.8.